The first-order valence-corrected chi connectivity index (χ1v) is 6.54. The third kappa shape index (κ3) is 3.18. The van der Waals surface area contributed by atoms with E-state index in [1.54, 1.807) is 6.07 Å². The van der Waals surface area contributed by atoms with Crippen LogP contribution in [0.4, 0.5) is 5.69 Å². The summed E-state index contributed by atoms with van der Waals surface area (Å²) >= 11 is 5.82. The van der Waals surface area contributed by atoms with E-state index in [0.29, 0.717) is 22.5 Å². The Hall–Kier alpha value is -1.74. The molecule has 19 heavy (non-hydrogen) atoms. The molecule has 0 aliphatic rings. The third-order valence-electron chi connectivity index (χ3n) is 2.93. The van der Waals surface area contributed by atoms with Gasteiger partial charge in [0.05, 0.1) is 10.7 Å². The Labute approximate surface area is 118 Å². The summed E-state index contributed by atoms with van der Waals surface area (Å²) in [6, 6.07) is 7.80. The first-order chi connectivity index (χ1) is 8.97. The van der Waals surface area contributed by atoms with Crippen molar-refractivity contribution in [3.8, 4) is 11.6 Å². The van der Waals surface area contributed by atoms with Crippen LogP contribution in [-0.2, 0) is 0 Å². The zero-order valence-corrected chi connectivity index (χ0v) is 12.0. The van der Waals surface area contributed by atoms with Crippen LogP contribution in [0.2, 0.25) is 5.02 Å². The molecule has 0 saturated heterocycles. The number of pyridine rings is 1. The molecule has 0 atom stereocenters. The van der Waals surface area contributed by atoms with Crippen LogP contribution in [0.15, 0.2) is 30.5 Å². The summed E-state index contributed by atoms with van der Waals surface area (Å²) in [6.45, 7) is 6.28. The van der Waals surface area contributed by atoms with Crippen LogP contribution in [0.1, 0.15) is 30.9 Å². The zero-order chi connectivity index (χ0) is 14.0. The fourth-order valence-corrected chi connectivity index (χ4v) is 1.88. The Morgan fingerprint density at radius 3 is 2.63 bits per heavy atom. The van der Waals surface area contributed by atoms with E-state index >= 15 is 0 Å². The number of nitrogens with zero attached hydrogens (tertiary/aromatic N) is 1. The van der Waals surface area contributed by atoms with E-state index in [4.69, 9.17) is 22.1 Å². The molecule has 4 heteroatoms. The standard InChI is InChI=1S/C15H17ClN2O/c1-9(2)11-5-4-10(3)14(6-11)19-15-13(17)7-12(16)8-18-15/h4-9H,17H2,1-3H3. The first kappa shape index (κ1) is 13.7. The van der Waals surface area contributed by atoms with Crippen LogP contribution in [0, 0.1) is 6.92 Å². The largest absolute Gasteiger partial charge is 0.437 e. The molecule has 0 aliphatic carbocycles. The second-order valence-electron chi connectivity index (χ2n) is 4.83. The highest BCUT2D eigenvalue weighted by atomic mass is 35.5. The van der Waals surface area contributed by atoms with Crippen LogP contribution < -0.4 is 10.5 Å². The van der Waals surface area contributed by atoms with Crippen LogP contribution in [0.5, 0.6) is 11.6 Å². The second-order valence-corrected chi connectivity index (χ2v) is 5.27. The average Bonchev–Trinajstić information content (AvgIpc) is 2.34. The highest BCUT2D eigenvalue weighted by Gasteiger charge is 2.09. The van der Waals surface area contributed by atoms with Gasteiger partial charge >= 0.3 is 0 Å². The molecule has 1 aromatic heterocycles. The van der Waals surface area contributed by atoms with E-state index in [0.717, 1.165) is 11.3 Å². The third-order valence-corrected chi connectivity index (χ3v) is 3.14. The van der Waals surface area contributed by atoms with Crippen molar-refractivity contribution in [2.75, 3.05) is 5.73 Å². The normalized spacial score (nSPS) is 10.8. The predicted octanol–water partition coefficient (Wildman–Crippen LogP) is 4.54. The molecule has 0 aliphatic heterocycles. The molecule has 1 aromatic carbocycles. The van der Waals surface area contributed by atoms with Crippen molar-refractivity contribution in [2.45, 2.75) is 26.7 Å². The van der Waals surface area contributed by atoms with Gasteiger partial charge < -0.3 is 10.5 Å². The van der Waals surface area contributed by atoms with Crippen molar-refractivity contribution in [1.29, 1.82) is 0 Å². The number of hydrogen-bond acceptors (Lipinski definition) is 3. The summed E-state index contributed by atoms with van der Waals surface area (Å²) in [6.07, 6.45) is 1.52. The summed E-state index contributed by atoms with van der Waals surface area (Å²) in [4.78, 5) is 4.11. The number of ether oxygens (including phenoxy) is 1. The maximum atomic E-state index is 5.85. The van der Waals surface area contributed by atoms with Gasteiger partial charge in [0, 0.05) is 6.20 Å². The molecule has 0 saturated carbocycles. The summed E-state index contributed by atoms with van der Waals surface area (Å²) in [5.41, 5.74) is 8.54. The van der Waals surface area contributed by atoms with Gasteiger partial charge in [-0.3, -0.25) is 0 Å². The number of nitrogens with two attached hydrogens (primary N) is 1. The van der Waals surface area contributed by atoms with E-state index < -0.39 is 0 Å². The molecule has 0 bridgehead atoms. The lowest BCUT2D eigenvalue weighted by Gasteiger charge is -2.13. The number of hydrogen-bond donors (Lipinski definition) is 1. The Morgan fingerprint density at radius 2 is 2.00 bits per heavy atom. The molecule has 2 rings (SSSR count). The molecule has 0 fully saturated rings. The molecule has 0 unspecified atom stereocenters. The van der Waals surface area contributed by atoms with Gasteiger partial charge in [0.15, 0.2) is 0 Å². The summed E-state index contributed by atoms with van der Waals surface area (Å²) < 4.78 is 5.79. The van der Waals surface area contributed by atoms with Crippen molar-refractivity contribution in [1.82, 2.24) is 4.98 Å². The Kier molecular flexibility index (Phi) is 3.96. The topological polar surface area (TPSA) is 48.1 Å². The van der Waals surface area contributed by atoms with Crippen molar-refractivity contribution in [2.24, 2.45) is 0 Å². The van der Waals surface area contributed by atoms with Gasteiger partial charge in [0.1, 0.15) is 5.75 Å². The van der Waals surface area contributed by atoms with E-state index in [2.05, 4.69) is 24.9 Å². The highest BCUT2D eigenvalue weighted by molar-refractivity contribution is 6.30. The Bertz CT molecular complexity index is 597. The van der Waals surface area contributed by atoms with E-state index in [1.807, 2.05) is 19.1 Å². The van der Waals surface area contributed by atoms with E-state index in [-0.39, 0.29) is 0 Å². The molecular weight excluding hydrogens is 260 g/mol. The maximum Gasteiger partial charge on any atom is 0.242 e. The Morgan fingerprint density at radius 1 is 1.26 bits per heavy atom. The number of aromatic nitrogens is 1. The molecule has 0 radical (unpaired) electrons. The molecule has 0 spiro atoms. The first-order valence-electron chi connectivity index (χ1n) is 6.17. The molecule has 2 aromatic rings. The minimum atomic E-state index is 0.383. The van der Waals surface area contributed by atoms with Gasteiger partial charge in [0.25, 0.3) is 0 Å². The van der Waals surface area contributed by atoms with Gasteiger partial charge in [0.2, 0.25) is 5.88 Å². The molecule has 0 amide bonds. The average molecular weight is 277 g/mol. The van der Waals surface area contributed by atoms with Crippen molar-refractivity contribution >= 4 is 17.3 Å². The SMILES string of the molecule is Cc1ccc(C(C)C)cc1Oc1ncc(Cl)cc1N. The summed E-state index contributed by atoms with van der Waals surface area (Å²) in [5.74, 6) is 1.60. The van der Waals surface area contributed by atoms with Crippen LogP contribution in [0.3, 0.4) is 0 Å². The monoisotopic (exact) mass is 276 g/mol. The van der Waals surface area contributed by atoms with Gasteiger partial charge in [-0.25, -0.2) is 4.98 Å². The van der Waals surface area contributed by atoms with Crippen LogP contribution in [0.25, 0.3) is 0 Å². The number of halogens is 1. The molecule has 2 N–H and O–H groups in total. The quantitative estimate of drug-likeness (QED) is 0.895. The molecular formula is C15H17ClN2O. The number of anilines is 1. The number of rotatable bonds is 3. The number of aryl methyl sites for hydroxylation is 1. The summed E-state index contributed by atoms with van der Waals surface area (Å²) in [7, 11) is 0. The molecule has 100 valence electrons. The lowest BCUT2D eigenvalue weighted by molar-refractivity contribution is 0.461. The van der Waals surface area contributed by atoms with Gasteiger partial charge in [-0.1, -0.05) is 37.6 Å². The van der Waals surface area contributed by atoms with Gasteiger partial charge in [-0.2, -0.15) is 0 Å². The van der Waals surface area contributed by atoms with E-state index in [9.17, 15) is 0 Å². The van der Waals surface area contributed by atoms with E-state index in [1.165, 1.54) is 11.8 Å². The lowest BCUT2D eigenvalue weighted by Crippen LogP contribution is -1.97. The molecule has 3 nitrogen and oxygen atoms in total. The van der Waals surface area contributed by atoms with Crippen molar-refractivity contribution < 1.29 is 4.74 Å². The minimum absolute atomic E-state index is 0.383. The highest BCUT2D eigenvalue weighted by Crippen LogP contribution is 2.31. The smallest absolute Gasteiger partial charge is 0.242 e. The minimum Gasteiger partial charge on any atom is -0.437 e. The molecule has 1 heterocycles. The summed E-state index contributed by atoms with van der Waals surface area (Å²) in [5, 5.41) is 0.498. The van der Waals surface area contributed by atoms with Crippen molar-refractivity contribution in [3.63, 3.8) is 0 Å². The lowest BCUT2D eigenvalue weighted by atomic mass is 10.0. The van der Waals surface area contributed by atoms with Crippen LogP contribution in [-0.4, -0.2) is 4.98 Å². The van der Waals surface area contributed by atoms with Gasteiger partial charge in [-0.05, 0) is 36.1 Å². The van der Waals surface area contributed by atoms with Crippen LogP contribution >= 0.6 is 11.6 Å². The van der Waals surface area contributed by atoms with Crippen molar-refractivity contribution in [3.05, 3.63) is 46.6 Å². The zero-order valence-electron chi connectivity index (χ0n) is 11.3. The second kappa shape index (κ2) is 5.49. The fraction of sp³-hybridized carbons (Fsp3) is 0.267. The van der Waals surface area contributed by atoms with Gasteiger partial charge in [-0.15, -0.1) is 0 Å². The number of nitrogen functional groups attached to an aromatic ring is 1. The fourth-order valence-electron chi connectivity index (χ4n) is 1.72. The Balaban J connectivity index is 2.34. The maximum absolute atomic E-state index is 5.85. The number of benzene rings is 1. The predicted molar refractivity (Wildman–Crippen MR) is 79.0 cm³/mol.